The normalized spacial score (nSPS) is 11.8. The zero-order chi connectivity index (χ0) is 18.2. The first-order valence-electron chi connectivity index (χ1n) is 8.75. The molecular weight excluding hydrogens is 312 g/mol. The fourth-order valence-electron chi connectivity index (χ4n) is 2.62. The van der Waals surface area contributed by atoms with Crippen molar-refractivity contribution in [3.8, 4) is 0 Å². The number of amides is 2. The number of rotatable bonds is 7. The molecule has 25 heavy (non-hydrogen) atoms. The van der Waals surface area contributed by atoms with Crippen LogP contribution in [0.3, 0.4) is 0 Å². The first kappa shape index (κ1) is 18.7. The van der Waals surface area contributed by atoms with Crippen molar-refractivity contribution in [1.82, 2.24) is 5.32 Å². The number of nitrogens with one attached hydrogen (secondary N) is 2. The van der Waals surface area contributed by atoms with Gasteiger partial charge in [0.15, 0.2) is 0 Å². The fourth-order valence-corrected chi connectivity index (χ4v) is 2.62. The van der Waals surface area contributed by atoms with Crippen LogP contribution in [-0.2, 0) is 4.79 Å². The Morgan fingerprint density at radius 1 is 1.00 bits per heavy atom. The standard InChI is InChI=1S/C21H26N2O2/c1-4-19(16-9-6-5-7-10-16)21(25)23-18-12-8-11-17(13-18)20(24)22-14-15(2)3/h5-13,15,19H,4,14H2,1-3H3,(H,22,24)(H,23,25). The Labute approximate surface area is 149 Å². The van der Waals surface area contributed by atoms with Crippen molar-refractivity contribution < 1.29 is 9.59 Å². The van der Waals surface area contributed by atoms with Crippen LogP contribution in [0.5, 0.6) is 0 Å². The number of carbonyl (C=O) groups excluding carboxylic acids is 2. The van der Waals surface area contributed by atoms with Crippen molar-refractivity contribution in [2.45, 2.75) is 33.1 Å². The highest BCUT2D eigenvalue weighted by atomic mass is 16.2. The van der Waals surface area contributed by atoms with Gasteiger partial charge in [-0.3, -0.25) is 9.59 Å². The van der Waals surface area contributed by atoms with E-state index < -0.39 is 0 Å². The largest absolute Gasteiger partial charge is 0.352 e. The van der Waals surface area contributed by atoms with E-state index in [1.807, 2.05) is 51.1 Å². The molecule has 2 aromatic rings. The number of hydrogen-bond donors (Lipinski definition) is 2. The van der Waals surface area contributed by atoms with E-state index in [1.165, 1.54) is 0 Å². The van der Waals surface area contributed by atoms with Gasteiger partial charge in [0, 0.05) is 17.8 Å². The molecule has 4 nitrogen and oxygen atoms in total. The highest BCUT2D eigenvalue weighted by Crippen LogP contribution is 2.22. The minimum Gasteiger partial charge on any atom is -0.352 e. The molecule has 0 spiro atoms. The van der Waals surface area contributed by atoms with Gasteiger partial charge in [0.05, 0.1) is 5.92 Å². The summed E-state index contributed by atoms with van der Waals surface area (Å²) in [4.78, 5) is 24.8. The minimum atomic E-state index is -0.209. The summed E-state index contributed by atoms with van der Waals surface area (Å²) in [5, 5.41) is 5.82. The third-order valence-corrected chi connectivity index (χ3v) is 3.99. The zero-order valence-corrected chi connectivity index (χ0v) is 15.1. The van der Waals surface area contributed by atoms with Crippen molar-refractivity contribution in [2.24, 2.45) is 5.92 Å². The van der Waals surface area contributed by atoms with Gasteiger partial charge in [-0.25, -0.2) is 0 Å². The van der Waals surface area contributed by atoms with Crippen LogP contribution in [0.25, 0.3) is 0 Å². The van der Waals surface area contributed by atoms with E-state index in [4.69, 9.17) is 0 Å². The predicted molar refractivity (Wildman–Crippen MR) is 102 cm³/mol. The smallest absolute Gasteiger partial charge is 0.251 e. The van der Waals surface area contributed by atoms with Crippen molar-refractivity contribution >= 4 is 17.5 Å². The molecule has 132 valence electrons. The highest BCUT2D eigenvalue weighted by Gasteiger charge is 2.18. The summed E-state index contributed by atoms with van der Waals surface area (Å²) in [7, 11) is 0. The fraction of sp³-hybridized carbons (Fsp3) is 0.333. The highest BCUT2D eigenvalue weighted by molar-refractivity contribution is 5.99. The van der Waals surface area contributed by atoms with Crippen LogP contribution in [0.2, 0.25) is 0 Å². The average molecular weight is 338 g/mol. The summed E-state index contributed by atoms with van der Waals surface area (Å²) in [6.45, 7) is 6.71. The predicted octanol–water partition coefficient (Wildman–Crippen LogP) is 4.20. The number of hydrogen-bond acceptors (Lipinski definition) is 2. The van der Waals surface area contributed by atoms with Gasteiger partial charge >= 0.3 is 0 Å². The number of anilines is 1. The lowest BCUT2D eigenvalue weighted by Crippen LogP contribution is -2.27. The second-order valence-corrected chi connectivity index (χ2v) is 6.55. The average Bonchev–Trinajstić information content (AvgIpc) is 2.61. The molecule has 2 aromatic carbocycles. The Balaban J connectivity index is 2.08. The number of carbonyl (C=O) groups is 2. The molecule has 0 saturated carbocycles. The Morgan fingerprint density at radius 2 is 1.72 bits per heavy atom. The Morgan fingerprint density at radius 3 is 2.36 bits per heavy atom. The zero-order valence-electron chi connectivity index (χ0n) is 15.1. The molecule has 2 N–H and O–H groups in total. The van der Waals surface area contributed by atoms with Gasteiger partial charge in [0.2, 0.25) is 5.91 Å². The first-order chi connectivity index (χ1) is 12.0. The summed E-state index contributed by atoms with van der Waals surface area (Å²) in [6.07, 6.45) is 0.713. The van der Waals surface area contributed by atoms with E-state index in [1.54, 1.807) is 24.3 Å². The minimum absolute atomic E-state index is 0.0616. The van der Waals surface area contributed by atoms with Gasteiger partial charge in [-0.1, -0.05) is 57.2 Å². The maximum absolute atomic E-state index is 12.6. The van der Waals surface area contributed by atoms with Gasteiger partial charge in [0.1, 0.15) is 0 Å². The second-order valence-electron chi connectivity index (χ2n) is 6.55. The summed E-state index contributed by atoms with van der Waals surface area (Å²) >= 11 is 0. The van der Waals surface area contributed by atoms with Crippen LogP contribution >= 0.6 is 0 Å². The molecule has 2 rings (SSSR count). The summed E-state index contributed by atoms with van der Waals surface area (Å²) in [5.41, 5.74) is 2.18. The molecule has 0 aliphatic heterocycles. The van der Waals surface area contributed by atoms with E-state index in [0.717, 1.165) is 5.56 Å². The summed E-state index contributed by atoms with van der Waals surface area (Å²) in [5.74, 6) is -0.00372. The van der Waals surface area contributed by atoms with E-state index >= 15 is 0 Å². The Bertz CT molecular complexity index is 711. The molecule has 0 fully saturated rings. The van der Waals surface area contributed by atoms with Crippen molar-refractivity contribution in [3.63, 3.8) is 0 Å². The van der Waals surface area contributed by atoms with E-state index in [0.29, 0.717) is 30.1 Å². The van der Waals surface area contributed by atoms with E-state index in [9.17, 15) is 9.59 Å². The third-order valence-electron chi connectivity index (χ3n) is 3.99. The monoisotopic (exact) mass is 338 g/mol. The van der Waals surface area contributed by atoms with Crippen molar-refractivity contribution in [1.29, 1.82) is 0 Å². The van der Waals surface area contributed by atoms with Gasteiger partial charge in [-0.15, -0.1) is 0 Å². The molecule has 0 radical (unpaired) electrons. The second kappa shape index (κ2) is 9.02. The van der Waals surface area contributed by atoms with E-state index in [-0.39, 0.29) is 17.7 Å². The molecule has 2 amide bonds. The van der Waals surface area contributed by atoms with Gasteiger partial charge in [0.25, 0.3) is 5.91 Å². The van der Waals surface area contributed by atoms with Gasteiger partial charge < -0.3 is 10.6 Å². The van der Waals surface area contributed by atoms with Crippen LogP contribution < -0.4 is 10.6 Å². The molecule has 0 aromatic heterocycles. The van der Waals surface area contributed by atoms with Crippen LogP contribution in [-0.4, -0.2) is 18.4 Å². The maximum atomic E-state index is 12.6. The lowest BCUT2D eigenvalue weighted by atomic mass is 9.95. The van der Waals surface area contributed by atoms with Crippen LogP contribution in [0.15, 0.2) is 54.6 Å². The molecule has 0 heterocycles. The lowest BCUT2D eigenvalue weighted by molar-refractivity contribution is -0.117. The molecule has 0 aliphatic carbocycles. The molecule has 1 unspecified atom stereocenters. The maximum Gasteiger partial charge on any atom is 0.251 e. The lowest BCUT2D eigenvalue weighted by Gasteiger charge is -2.16. The molecular formula is C21H26N2O2. The Hall–Kier alpha value is -2.62. The van der Waals surface area contributed by atoms with Crippen LogP contribution in [0.1, 0.15) is 49.0 Å². The summed E-state index contributed by atoms with van der Waals surface area (Å²) in [6, 6.07) is 16.8. The molecule has 0 aliphatic rings. The van der Waals surface area contributed by atoms with E-state index in [2.05, 4.69) is 10.6 Å². The summed E-state index contributed by atoms with van der Waals surface area (Å²) < 4.78 is 0. The third kappa shape index (κ3) is 5.45. The molecule has 1 atom stereocenters. The molecule has 0 bridgehead atoms. The van der Waals surface area contributed by atoms with Crippen molar-refractivity contribution in [2.75, 3.05) is 11.9 Å². The number of benzene rings is 2. The first-order valence-corrected chi connectivity index (χ1v) is 8.75. The topological polar surface area (TPSA) is 58.2 Å². The van der Waals surface area contributed by atoms with Crippen LogP contribution in [0.4, 0.5) is 5.69 Å². The quantitative estimate of drug-likeness (QED) is 0.795. The molecule has 4 heteroatoms. The SMILES string of the molecule is CCC(C(=O)Nc1cccc(C(=O)NCC(C)C)c1)c1ccccc1. The Kier molecular flexibility index (Phi) is 6.75. The van der Waals surface area contributed by atoms with Gasteiger partial charge in [-0.05, 0) is 36.1 Å². The molecule has 0 saturated heterocycles. The van der Waals surface area contributed by atoms with Crippen molar-refractivity contribution in [3.05, 3.63) is 65.7 Å². The van der Waals surface area contributed by atoms with Gasteiger partial charge in [-0.2, -0.15) is 0 Å². The van der Waals surface area contributed by atoms with Crippen LogP contribution in [0, 0.1) is 5.92 Å².